The second kappa shape index (κ2) is 13.1. The monoisotopic (exact) mass is 568 g/mol. The number of anilines is 2. The summed E-state index contributed by atoms with van der Waals surface area (Å²) in [4.78, 5) is 38.4. The zero-order valence-electron chi connectivity index (χ0n) is 23.6. The van der Waals surface area contributed by atoms with Gasteiger partial charge in [0.2, 0.25) is 5.91 Å². The molecular weight excluding hydrogens is 532 g/mol. The molecule has 1 saturated carbocycles. The second-order valence-corrected chi connectivity index (χ2v) is 11.6. The number of nitrogens with zero attached hydrogens (tertiary/aromatic N) is 4. The molecule has 1 unspecified atom stereocenters. The van der Waals surface area contributed by atoms with Crippen LogP contribution in [0.5, 0.6) is 0 Å². The SMILES string of the molecule is CN(C(=O)C(CC(=O)O)Cc1ccccc1)c1nc(-c2ccccc2-c2ccc(N(C)C3CCCCC3)nc2)cs1. The first-order valence-electron chi connectivity index (χ1n) is 14.2. The van der Waals surface area contributed by atoms with Crippen molar-refractivity contribution in [3.8, 4) is 22.4 Å². The summed E-state index contributed by atoms with van der Waals surface area (Å²) < 4.78 is 0. The van der Waals surface area contributed by atoms with Gasteiger partial charge in [0.1, 0.15) is 5.82 Å². The number of benzene rings is 2. The number of hydrogen-bond acceptors (Lipinski definition) is 6. The van der Waals surface area contributed by atoms with Crippen LogP contribution >= 0.6 is 11.3 Å². The molecule has 212 valence electrons. The summed E-state index contributed by atoms with van der Waals surface area (Å²) in [6, 6.07) is 22.3. The fourth-order valence-corrected chi connectivity index (χ4v) is 6.43. The van der Waals surface area contributed by atoms with Gasteiger partial charge in [0.15, 0.2) is 5.13 Å². The molecule has 8 heteroatoms. The van der Waals surface area contributed by atoms with E-state index in [1.54, 1.807) is 7.05 Å². The Morgan fingerprint density at radius 1 is 0.951 bits per heavy atom. The van der Waals surface area contributed by atoms with Crippen LogP contribution in [0.15, 0.2) is 78.3 Å². The molecule has 1 aliphatic rings. The summed E-state index contributed by atoms with van der Waals surface area (Å²) in [6.45, 7) is 0. The number of thiazole rings is 1. The zero-order valence-corrected chi connectivity index (χ0v) is 24.4. The second-order valence-electron chi connectivity index (χ2n) is 10.8. The lowest BCUT2D eigenvalue weighted by Crippen LogP contribution is -2.35. The first-order valence-corrected chi connectivity index (χ1v) is 15.1. The minimum atomic E-state index is -0.994. The summed E-state index contributed by atoms with van der Waals surface area (Å²) in [6.07, 6.45) is 8.37. The first kappa shape index (κ1) is 28.5. The van der Waals surface area contributed by atoms with E-state index in [1.165, 1.54) is 48.3 Å². The molecule has 2 aromatic carbocycles. The van der Waals surface area contributed by atoms with Gasteiger partial charge < -0.3 is 10.0 Å². The number of aliphatic carboxylic acids is 1. The van der Waals surface area contributed by atoms with E-state index in [0.717, 1.165) is 33.8 Å². The van der Waals surface area contributed by atoms with Crippen LogP contribution in [-0.2, 0) is 16.0 Å². The van der Waals surface area contributed by atoms with Crippen LogP contribution in [-0.4, -0.2) is 47.1 Å². The largest absolute Gasteiger partial charge is 0.481 e. The van der Waals surface area contributed by atoms with Crippen molar-refractivity contribution in [3.05, 3.63) is 83.9 Å². The first-order chi connectivity index (χ1) is 19.9. The highest BCUT2D eigenvalue weighted by atomic mass is 32.1. The lowest BCUT2D eigenvalue weighted by Gasteiger charge is -2.32. The standard InChI is InChI=1S/C33H36N4O3S/c1-36(26-13-7-4-8-14-26)30-18-17-24(21-34-30)27-15-9-10-16-28(27)29-22-41-33(35-29)37(2)32(40)25(20-31(38)39)19-23-11-5-3-6-12-23/h3,5-6,9-12,15-18,21-22,25-26H,4,7-8,13-14,19-20H2,1-2H3,(H,38,39). The number of carboxylic acid groups (broad SMARTS) is 1. The molecule has 5 rings (SSSR count). The number of hydrogen-bond donors (Lipinski definition) is 1. The third kappa shape index (κ3) is 6.82. The van der Waals surface area contributed by atoms with Crippen LogP contribution in [0, 0.1) is 5.92 Å². The Balaban J connectivity index is 1.35. The third-order valence-corrected chi connectivity index (χ3v) is 8.87. The molecule has 0 aliphatic heterocycles. The van der Waals surface area contributed by atoms with Crippen molar-refractivity contribution in [2.45, 2.75) is 51.0 Å². The van der Waals surface area contributed by atoms with Gasteiger partial charge in [0.25, 0.3) is 0 Å². The highest BCUT2D eigenvalue weighted by Gasteiger charge is 2.27. The van der Waals surface area contributed by atoms with E-state index in [2.05, 4.69) is 30.1 Å². The normalized spacial score (nSPS) is 14.4. The zero-order chi connectivity index (χ0) is 28.8. The minimum absolute atomic E-state index is 0.238. The highest BCUT2D eigenvalue weighted by Crippen LogP contribution is 2.35. The number of rotatable bonds is 10. The van der Waals surface area contributed by atoms with Gasteiger partial charge in [-0.3, -0.25) is 14.5 Å². The highest BCUT2D eigenvalue weighted by molar-refractivity contribution is 7.14. The Hall–Kier alpha value is -4.04. The minimum Gasteiger partial charge on any atom is -0.481 e. The maximum absolute atomic E-state index is 13.4. The van der Waals surface area contributed by atoms with Crippen LogP contribution in [0.1, 0.15) is 44.1 Å². The number of carbonyl (C=O) groups excluding carboxylic acids is 1. The molecule has 0 spiro atoms. The molecule has 7 nitrogen and oxygen atoms in total. The van der Waals surface area contributed by atoms with E-state index >= 15 is 0 Å². The van der Waals surface area contributed by atoms with Crippen molar-refractivity contribution in [3.63, 3.8) is 0 Å². The van der Waals surface area contributed by atoms with E-state index in [-0.39, 0.29) is 12.3 Å². The van der Waals surface area contributed by atoms with Crippen molar-refractivity contribution < 1.29 is 14.7 Å². The van der Waals surface area contributed by atoms with Gasteiger partial charge in [-0.15, -0.1) is 11.3 Å². The molecule has 1 N–H and O–H groups in total. The van der Waals surface area contributed by atoms with Gasteiger partial charge in [0.05, 0.1) is 18.0 Å². The molecule has 0 radical (unpaired) electrons. The summed E-state index contributed by atoms with van der Waals surface area (Å²) in [5.41, 5.74) is 4.67. The number of aromatic nitrogens is 2. The Labute approximate surface area is 245 Å². The molecular formula is C33H36N4O3S. The number of carbonyl (C=O) groups is 2. The van der Waals surface area contributed by atoms with Gasteiger partial charge in [-0.05, 0) is 42.5 Å². The quantitative estimate of drug-likeness (QED) is 0.223. The Bertz CT molecular complexity index is 1470. The Morgan fingerprint density at radius 3 is 2.34 bits per heavy atom. The van der Waals surface area contributed by atoms with Crippen molar-refractivity contribution >= 4 is 34.2 Å². The Morgan fingerprint density at radius 2 is 1.66 bits per heavy atom. The molecule has 4 aromatic rings. The van der Waals surface area contributed by atoms with E-state index in [0.29, 0.717) is 17.6 Å². The van der Waals surface area contributed by atoms with E-state index in [1.807, 2.05) is 60.1 Å². The average molecular weight is 569 g/mol. The topological polar surface area (TPSA) is 86.6 Å². The molecule has 2 heterocycles. The fourth-order valence-electron chi connectivity index (χ4n) is 5.63. The molecule has 0 saturated heterocycles. The molecule has 1 atom stereocenters. The average Bonchev–Trinajstić information content (AvgIpc) is 3.51. The smallest absolute Gasteiger partial charge is 0.304 e. The van der Waals surface area contributed by atoms with Gasteiger partial charge in [-0.25, -0.2) is 9.97 Å². The molecule has 1 fully saturated rings. The van der Waals surface area contributed by atoms with Gasteiger partial charge in [-0.2, -0.15) is 0 Å². The third-order valence-electron chi connectivity index (χ3n) is 7.95. The predicted octanol–water partition coefficient (Wildman–Crippen LogP) is 6.94. The maximum Gasteiger partial charge on any atom is 0.304 e. The van der Waals surface area contributed by atoms with E-state index in [4.69, 9.17) is 9.97 Å². The fraction of sp³-hybridized carbons (Fsp3) is 0.333. The molecule has 0 bridgehead atoms. The molecule has 2 aromatic heterocycles. The van der Waals surface area contributed by atoms with Crippen LogP contribution < -0.4 is 9.80 Å². The molecule has 1 aliphatic carbocycles. The molecule has 1 amide bonds. The summed E-state index contributed by atoms with van der Waals surface area (Å²) in [5.74, 6) is -0.949. The summed E-state index contributed by atoms with van der Waals surface area (Å²) in [7, 11) is 3.81. The van der Waals surface area contributed by atoms with Crippen molar-refractivity contribution in [2.24, 2.45) is 5.92 Å². The van der Waals surface area contributed by atoms with Gasteiger partial charge in [-0.1, -0.05) is 73.9 Å². The van der Waals surface area contributed by atoms with Crippen LogP contribution in [0.25, 0.3) is 22.4 Å². The van der Waals surface area contributed by atoms with Gasteiger partial charge in [0, 0.05) is 42.8 Å². The Kier molecular flexibility index (Phi) is 9.09. The number of carboxylic acids is 1. The van der Waals surface area contributed by atoms with Crippen molar-refractivity contribution in [1.82, 2.24) is 9.97 Å². The van der Waals surface area contributed by atoms with Crippen molar-refractivity contribution in [1.29, 1.82) is 0 Å². The lowest BCUT2D eigenvalue weighted by molar-refractivity contribution is -0.140. The number of amides is 1. The predicted molar refractivity (Wildman–Crippen MR) is 165 cm³/mol. The van der Waals surface area contributed by atoms with Crippen LogP contribution in [0.3, 0.4) is 0 Å². The summed E-state index contributed by atoms with van der Waals surface area (Å²) >= 11 is 1.37. The van der Waals surface area contributed by atoms with Crippen LogP contribution in [0.4, 0.5) is 10.9 Å². The molecule has 41 heavy (non-hydrogen) atoms. The van der Waals surface area contributed by atoms with E-state index in [9.17, 15) is 14.7 Å². The van der Waals surface area contributed by atoms with Crippen LogP contribution in [0.2, 0.25) is 0 Å². The van der Waals surface area contributed by atoms with Crippen molar-refractivity contribution in [2.75, 3.05) is 23.9 Å². The maximum atomic E-state index is 13.4. The van der Waals surface area contributed by atoms with E-state index < -0.39 is 11.9 Å². The lowest BCUT2D eigenvalue weighted by atomic mass is 9.94. The number of pyridine rings is 1. The van der Waals surface area contributed by atoms with Gasteiger partial charge >= 0.3 is 5.97 Å². The summed E-state index contributed by atoms with van der Waals surface area (Å²) in [5, 5.41) is 12.0.